The van der Waals surface area contributed by atoms with Crippen LogP contribution < -0.4 is 5.32 Å². The number of hydrogen-bond donors (Lipinski definition) is 2. The van der Waals surface area contributed by atoms with Gasteiger partial charge < -0.3 is 10.4 Å². The molecule has 1 aromatic carbocycles. The van der Waals surface area contributed by atoms with Crippen molar-refractivity contribution in [2.24, 2.45) is 23.7 Å². The van der Waals surface area contributed by atoms with Gasteiger partial charge in [-0.3, -0.25) is 4.79 Å². The summed E-state index contributed by atoms with van der Waals surface area (Å²) >= 11 is 0. The Balaban J connectivity index is 1.42. The molecule has 124 valence electrons. The van der Waals surface area contributed by atoms with Crippen LogP contribution in [0.25, 0.3) is 0 Å². The van der Waals surface area contributed by atoms with Crippen molar-refractivity contribution in [3.63, 3.8) is 0 Å². The lowest BCUT2D eigenvalue weighted by molar-refractivity contribution is -0.124. The third kappa shape index (κ3) is 2.55. The number of aliphatic hydroxyl groups excluding tert-OH is 1. The van der Waals surface area contributed by atoms with Crippen molar-refractivity contribution in [3.05, 3.63) is 35.4 Å². The van der Waals surface area contributed by atoms with E-state index in [1.807, 2.05) is 0 Å². The Labute approximate surface area is 134 Å². The molecule has 1 aromatic rings. The SMILES string of the molecule is O=C(NC1C2CCC(C2)C1CO)C1CC1c1cc(F)ccc1F. The quantitative estimate of drug-likeness (QED) is 0.895. The number of aliphatic hydroxyl groups is 1. The van der Waals surface area contributed by atoms with E-state index < -0.39 is 11.6 Å². The largest absolute Gasteiger partial charge is 0.396 e. The van der Waals surface area contributed by atoms with E-state index in [1.165, 1.54) is 6.07 Å². The smallest absolute Gasteiger partial charge is 0.223 e. The molecule has 5 heteroatoms. The van der Waals surface area contributed by atoms with Crippen LogP contribution in [0.1, 0.15) is 37.2 Å². The molecule has 0 heterocycles. The molecule has 0 radical (unpaired) electrons. The number of carbonyl (C=O) groups is 1. The van der Waals surface area contributed by atoms with E-state index in [0.29, 0.717) is 23.8 Å². The molecule has 2 bridgehead atoms. The summed E-state index contributed by atoms with van der Waals surface area (Å²) in [5, 5.41) is 12.7. The van der Waals surface area contributed by atoms with Gasteiger partial charge in [0.25, 0.3) is 0 Å². The Morgan fingerprint density at radius 3 is 2.78 bits per heavy atom. The lowest BCUT2D eigenvalue weighted by atomic mass is 9.85. The van der Waals surface area contributed by atoms with Crippen molar-refractivity contribution in [3.8, 4) is 0 Å². The van der Waals surface area contributed by atoms with Crippen LogP contribution in [0.2, 0.25) is 0 Å². The van der Waals surface area contributed by atoms with Crippen LogP contribution in [0.15, 0.2) is 18.2 Å². The normalized spacial score (nSPS) is 37.9. The van der Waals surface area contributed by atoms with E-state index in [-0.39, 0.29) is 36.3 Å². The number of amides is 1. The molecule has 6 atom stereocenters. The second-order valence-corrected chi connectivity index (χ2v) is 7.33. The standard InChI is InChI=1S/C18H21F2NO2/c19-11-3-4-16(20)13(6-11)12-7-14(12)18(23)21-17-10-2-1-9(5-10)15(17)8-22/h3-4,6,9-10,12,14-15,17,22H,1-2,5,7-8H2,(H,21,23). The van der Waals surface area contributed by atoms with Crippen molar-refractivity contribution in [2.45, 2.75) is 37.6 Å². The van der Waals surface area contributed by atoms with Crippen LogP contribution >= 0.6 is 0 Å². The maximum atomic E-state index is 13.8. The Hall–Kier alpha value is -1.49. The lowest BCUT2D eigenvalue weighted by Crippen LogP contribution is -2.46. The summed E-state index contributed by atoms with van der Waals surface area (Å²) in [6, 6.07) is 3.46. The summed E-state index contributed by atoms with van der Waals surface area (Å²) in [5.41, 5.74) is 0.303. The van der Waals surface area contributed by atoms with Crippen LogP contribution in [0, 0.1) is 35.3 Å². The van der Waals surface area contributed by atoms with Gasteiger partial charge in [-0.15, -0.1) is 0 Å². The van der Waals surface area contributed by atoms with Gasteiger partial charge in [-0.1, -0.05) is 0 Å². The van der Waals surface area contributed by atoms with E-state index in [9.17, 15) is 18.7 Å². The van der Waals surface area contributed by atoms with Crippen molar-refractivity contribution >= 4 is 5.91 Å². The van der Waals surface area contributed by atoms with Crippen LogP contribution in [0.5, 0.6) is 0 Å². The Morgan fingerprint density at radius 1 is 1.22 bits per heavy atom. The van der Waals surface area contributed by atoms with Crippen molar-refractivity contribution in [2.75, 3.05) is 6.61 Å². The monoisotopic (exact) mass is 321 g/mol. The number of carbonyl (C=O) groups excluding carboxylic acids is 1. The molecule has 3 saturated carbocycles. The molecule has 1 amide bonds. The highest BCUT2D eigenvalue weighted by atomic mass is 19.1. The Bertz CT molecular complexity index is 635. The first-order valence-corrected chi connectivity index (χ1v) is 8.44. The maximum Gasteiger partial charge on any atom is 0.223 e. The predicted octanol–water partition coefficient (Wildman–Crippen LogP) is 2.59. The van der Waals surface area contributed by atoms with Gasteiger partial charge in [-0.2, -0.15) is 0 Å². The van der Waals surface area contributed by atoms with E-state index in [1.54, 1.807) is 0 Å². The van der Waals surface area contributed by atoms with Gasteiger partial charge in [0.15, 0.2) is 0 Å². The van der Waals surface area contributed by atoms with Crippen LogP contribution in [-0.4, -0.2) is 23.7 Å². The lowest BCUT2D eigenvalue weighted by Gasteiger charge is -2.30. The van der Waals surface area contributed by atoms with Crippen LogP contribution in [0.4, 0.5) is 8.78 Å². The summed E-state index contributed by atoms with van der Waals surface area (Å²) in [7, 11) is 0. The zero-order valence-electron chi connectivity index (χ0n) is 12.8. The first-order chi connectivity index (χ1) is 11.1. The topological polar surface area (TPSA) is 49.3 Å². The highest BCUT2D eigenvalue weighted by Gasteiger charge is 2.51. The van der Waals surface area contributed by atoms with Gasteiger partial charge in [-0.25, -0.2) is 8.78 Å². The van der Waals surface area contributed by atoms with Gasteiger partial charge in [-0.05, 0) is 67.2 Å². The molecule has 2 N–H and O–H groups in total. The summed E-state index contributed by atoms with van der Waals surface area (Å²) in [5.74, 6) is -0.354. The number of benzene rings is 1. The minimum Gasteiger partial charge on any atom is -0.396 e. The molecule has 0 spiro atoms. The average molecular weight is 321 g/mol. The molecule has 0 aromatic heterocycles. The number of fused-ring (bicyclic) bond motifs is 2. The molecular formula is C18H21F2NO2. The minimum absolute atomic E-state index is 0.0462. The summed E-state index contributed by atoms with van der Waals surface area (Å²) in [6.45, 7) is 0.110. The van der Waals surface area contributed by atoms with E-state index in [2.05, 4.69) is 5.32 Å². The molecule has 3 nitrogen and oxygen atoms in total. The maximum absolute atomic E-state index is 13.8. The molecule has 6 unspecified atom stereocenters. The van der Waals surface area contributed by atoms with Gasteiger partial charge in [0.05, 0.1) is 0 Å². The predicted molar refractivity (Wildman–Crippen MR) is 80.5 cm³/mol. The van der Waals surface area contributed by atoms with E-state index in [0.717, 1.165) is 31.4 Å². The Morgan fingerprint density at radius 2 is 2.00 bits per heavy atom. The zero-order chi connectivity index (χ0) is 16.1. The molecule has 0 aliphatic heterocycles. The van der Waals surface area contributed by atoms with Crippen LogP contribution in [-0.2, 0) is 4.79 Å². The minimum atomic E-state index is -0.471. The molecule has 3 aliphatic carbocycles. The van der Waals surface area contributed by atoms with Gasteiger partial charge >= 0.3 is 0 Å². The second-order valence-electron chi connectivity index (χ2n) is 7.33. The number of nitrogens with one attached hydrogen (secondary N) is 1. The fourth-order valence-electron chi connectivity index (χ4n) is 4.80. The number of halogens is 2. The third-order valence-corrected chi connectivity index (χ3v) is 6.09. The number of rotatable bonds is 4. The molecule has 3 aliphatic rings. The molecular weight excluding hydrogens is 300 g/mol. The summed E-state index contributed by atoms with van der Waals surface area (Å²) < 4.78 is 27.1. The Kier molecular flexibility index (Phi) is 3.63. The first-order valence-electron chi connectivity index (χ1n) is 8.44. The fraction of sp³-hybridized carbons (Fsp3) is 0.611. The van der Waals surface area contributed by atoms with E-state index in [4.69, 9.17) is 0 Å². The zero-order valence-corrected chi connectivity index (χ0v) is 12.8. The van der Waals surface area contributed by atoms with Crippen LogP contribution in [0.3, 0.4) is 0 Å². The molecule has 3 fully saturated rings. The average Bonchev–Trinajstić information content (AvgIpc) is 3.09. The second kappa shape index (κ2) is 5.55. The summed E-state index contributed by atoms with van der Waals surface area (Å²) in [6.07, 6.45) is 3.90. The van der Waals surface area contributed by atoms with Crippen molar-refractivity contribution < 1.29 is 18.7 Å². The van der Waals surface area contributed by atoms with E-state index >= 15 is 0 Å². The third-order valence-electron chi connectivity index (χ3n) is 6.09. The van der Waals surface area contributed by atoms with Gasteiger partial charge in [0.2, 0.25) is 5.91 Å². The summed E-state index contributed by atoms with van der Waals surface area (Å²) in [4.78, 5) is 12.5. The highest BCUT2D eigenvalue weighted by Crippen LogP contribution is 2.51. The highest BCUT2D eigenvalue weighted by molar-refractivity contribution is 5.83. The molecule has 23 heavy (non-hydrogen) atoms. The molecule has 0 saturated heterocycles. The first kappa shape index (κ1) is 15.1. The van der Waals surface area contributed by atoms with Crippen molar-refractivity contribution in [1.82, 2.24) is 5.32 Å². The molecule has 4 rings (SSSR count). The van der Waals surface area contributed by atoms with Gasteiger partial charge in [0, 0.05) is 24.5 Å². The number of hydrogen-bond acceptors (Lipinski definition) is 2. The van der Waals surface area contributed by atoms with Crippen molar-refractivity contribution in [1.29, 1.82) is 0 Å². The van der Waals surface area contributed by atoms with Gasteiger partial charge in [0.1, 0.15) is 11.6 Å². The fourth-order valence-corrected chi connectivity index (χ4v) is 4.80.